The molecule has 4 nitrogen and oxygen atoms in total. The molecule has 2 aliphatic rings. The van der Waals surface area contributed by atoms with Gasteiger partial charge in [0, 0.05) is 24.5 Å². The highest BCUT2D eigenvalue weighted by Gasteiger charge is 2.31. The van der Waals surface area contributed by atoms with Crippen molar-refractivity contribution in [2.75, 3.05) is 19.6 Å². The van der Waals surface area contributed by atoms with Crippen molar-refractivity contribution in [3.05, 3.63) is 0 Å². The van der Waals surface area contributed by atoms with E-state index in [1.54, 1.807) is 0 Å². The zero-order valence-corrected chi connectivity index (χ0v) is 16.3. The molecule has 23 heavy (non-hydrogen) atoms. The SMILES string of the molecule is CCC(CC)C(CNC(=O)C1CCC(N)C1)N1CCCC1.Cl.Cl. The highest BCUT2D eigenvalue weighted by molar-refractivity contribution is 5.85. The molecule has 2 rings (SSSR count). The van der Waals surface area contributed by atoms with Crippen molar-refractivity contribution in [1.82, 2.24) is 10.2 Å². The van der Waals surface area contributed by atoms with E-state index in [0.29, 0.717) is 12.0 Å². The summed E-state index contributed by atoms with van der Waals surface area (Å²) in [4.78, 5) is 14.9. The number of nitrogens with zero attached hydrogens (tertiary/aromatic N) is 1. The maximum atomic E-state index is 12.3. The molecule has 0 aromatic carbocycles. The highest BCUT2D eigenvalue weighted by atomic mass is 35.5. The Hall–Kier alpha value is -0.0300. The van der Waals surface area contributed by atoms with E-state index in [4.69, 9.17) is 5.73 Å². The van der Waals surface area contributed by atoms with Crippen molar-refractivity contribution >= 4 is 30.7 Å². The van der Waals surface area contributed by atoms with Crippen molar-refractivity contribution in [2.45, 2.75) is 70.9 Å². The van der Waals surface area contributed by atoms with E-state index in [9.17, 15) is 4.79 Å². The van der Waals surface area contributed by atoms with Gasteiger partial charge in [-0.15, -0.1) is 24.8 Å². The summed E-state index contributed by atoms with van der Waals surface area (Å²) in [5, 5.41) is 3.24. The van der Waals surface area contributed by atoms with E-state index in [-0.39, 0.29) is 42.7 Å². The van der Waals surface area contributed by atoms with Gasteiger partial charge in [-0.2, -0.15) is 0 Å². The van der Waals surface area contributed by atoms with Gasteiger partial charge in [0.15, 0.2) is 0 Å². The van der Waals surface area contributed by atoms with Crippen LogP contribution in [0.4, 0.5) is 0 Å². The Bertz CT molecular complexity index is 332. The van der Waals surface area contributed by atoms with Gasteiger partial charge < -0.3 is 11.1 Å². The van der Waals surface area contributed by atoms with Crippen LogP contribution in [0.3, 0.4) is 0 Å². The smallest absolute Gasteiger partial charge is 0.223 e. The molecule has 0 aromatic heterocycles. The minimum absolute atomic E-state index is 0. The molecule has 0 aromatic rings. The van der Waals surface area contributed by atoms with E-state index in [0.717, 1.165) is 25.8 Å². The molecule has 3 N–H and O–H groups in total. The lowest BCUT2D eigenvalue weighted by Gasteiger charge is -2.34. The van der Waals surface area contributed by atoms with Crippen molar-refractivity contribution in [2.24, 2.45) is 17.6 Å². The molecule has 3 atom stereocenters. The zero-order valence-electron chi connectivity index (χ0n) is 14.6. The van der Waals surface area contributed by atoms with E-state index in [2.05, 4.69) is 24.1 Å². The molecule has 1 aliphatic carbocycles. The van der Waals surface area contributed by atoms with Crippen LogP contribution in [0.2, 0.25) is 0 Å². The average molecular weight is 368 g/mol. The maximum absolute atomic E-state index is 12.3. The summed E-state index contributed by atoms with van der Waals surface area (Å²) in [6, 6.07) is 0.746. The molecule has 1 saturated heterocycles. The summed E-state index contributed by atoms with van der Waals surface area (Å²) in [6.07, 6.45) is 7.84. The first-order valence-electron chi connectivity index (χ1n) is 8.93. The van der Waals surface area contributed by atoms with Crippen molar-refractivity contribution in [1.29, 1.82) is 0 Å². The van der Waals surface area contributed by atoms with Crippen LogP contribution in [-0.4, -0.2) is 42.5 Å². The summed E-state index contributed by atoms with van der Waals surface area (Å²) in [5.41, 5.74) is 5.92. The molecule has 0 bridgehead atoms. The molecular formula is C17H35Cl2N3O. The van der Waals surface area contributed by atoms with Crippen LogP contribution in [0.1, 0.15) is 58.8 Å². The summed E-state index contributed by atoms with van der Waals surface area (Å²) in [5.74, 6) is 1.08. The second-order valence-corrected chi connectivity index (χ2v) is 6.90. The van der Waals surface area contributed by atoms with Gasteiger partial charge in [-0.05, 0) is 51.1 Å². The van der Waals surface area contributed by atoms with Gasteiger partial charge in [-0.3, -0.25) is 9.69 Å². The molecule has 1 aliphatic heterocycles. The number of carbonyl (C=O) groups excluding carboxylic acids is 1. The molecule has 6 heteroatoms. The molecule has 138 valence electrons. The Kier molecular flexibility index (Phi) is 11.5. The van der Waals surface area contributed by atoms with Gasteiger partial charge in [0.25, 0.3) is 0 Å². The van der Waals surface area contributed by atoms with Crippen LogP contribution in [0, 0.1) is 11.8 Å². The molecule has 1 amide bonds. The molecule has 1 heterocycles. The quantitative estimate of drug-likeness (QED) is 0.726. The number of hydrogen-bond donors (Lipinski definition) is 2. The first-order valence-corrected chi connectivity index (χ1v) is 8.93. The van der Waals surface area contributed by atoms with Crippen molar-refractivity contribution in [3.63, 3.8) is 0 Å². The minimum atomic E-state index is 0. The lowest BCUT2D eigenvalue weighted by molar-refractivity contribution is -0.125. The first-order chi connectivity index (χ1) is 10.2. The highest BCUT2D eigenvalue weighted by Crippen LogP contribution is 2.25. The van der Waals surface area contributed by atoms with E-state index < -0.39 is 0 Å². The number of halogens is 2. The monoisotopic (exact) mass is 367 g/mol. The van der Waals surface area contributed by atoms with Gasteiger partial charge in [-0.1, -0.05) is 26.7 Å². The number of hydrogen-bond acceptors (Lipinski definition) is 3. The summed E-state index contributed by atoms with van der Waals surface area (Å²) in [6.45, 7) is 7.76. The van der Waals surface area contributed by atoms with Crippen molar-refractivity contribution < 1.29 is 4.79 Å². The van der Waals surface area contributed by atoms with E-state index in [1.807, 2.05) is 0 Å². The number of rotatable bonds is 7. The normalized spacial score (nSPS) is 25.7. The number of amides is 1. The maximum Gasteiger partial charge on any atom is 0.223 e. The van der Waals surface area contributed by atoms with Gasteiger partial charge in [-0.25, -0.2) is 0 Å². The third-order valence-electron chi connectivity index (χ3n) is 5.53. The summed E-state index contributed by atoms with van der Waals surface area (Å²) >= 11 is 0. The van der Waals surface area contributed by atoms with Gasteiger partial charge >= 0.3 is 0 Å². The number of likely N-dealkylation sites (tertiary alicyclic amines) is 1. The van der Waals surface area contributed by atoms with Crippen LogP contribution in [0.25, 0.3) is 0 Å². The lowest BCUT2D eigenvalue weighted by atomic mass is 9.92. The van der Waals surface area contributed by atoms with Crippen molar-refractivity contribution in [3.8, 4) is 0 Å². The second kappa shape index (κ2) is 11.5. The van der Waals surface area contributed by atoms with Gasteiger partial charge in [0.1, 0.15) is 0 Å². The largest absolute Gasteiger partial charge is 0.354 e. The Morgan fingerprint density at radius 2 is 1.78 bits per heavy atom. The molecular weight excluding hydrogens is 333 g/mol. The van der Waals surface area contributed by atoms with E-state index >= 15 is 0 Å². The standard InChI is InChI=1S/C17H33N3O.2ClH/c1-3-13(4-2)16(20-9-5-6-10-20)12-19-17(21)14-7-8-15(18)11-14;;/h13-16H,3-12,18H2,1-2H3,(H,19,21);2*1H. The van der Waals surface area contributed by atoms with Crippen LogP contribution in [-0.2, 0) is 4.79 Å². The minimum Gasteiger partial charge on any atom is -0.354 e. The predicted molar refractivity (Wildman–Crippen MR) is 101 cm³/mol. The molecule has 0 spiro atoms. The molecule has 3 unspecified atom stereocenters. The number of carbonyl (C=O) groups is 1. The number of nitrogens with two attached hydrogens (primary N) is 1. The Morgan fingerprint density at radius 3 is 2.26 bits per heavy atom. The summed E-state index contributed by atoms with van der Waals surface area (Å²) in [7, 11) is 0. The van der Waals surface area contributed by atoms with Crippen LogP contribution in [0.15, 0.2) is 0 Å². The Balaban J connectivity index is 0.00000242. The van der Waals surface area contributed by atoms with E-state index in [1.165, 1.54) is 38.8 Å². The molecule has 1 saturated carbocycles. The topological polar surface area (TPSA) is 58.4 Å². The Labute approximate surface area is 154 Å². The summed E-state index contributed by atoms with van der Waals surface area (Å²) < 4.78 is 0. The lowest BCUT2D eigenvalue weighted by Crippen LogP contribution is -2.47. The fraction of sp³-hybridized carbons (Fsp3) is 0.941. The fourth-order valence-corrected chi connectivity index (χ4v) is 4.10. The fourth-order valence-electron chi connectivity index (χ4n) is 4.10. The molecule has 2 fully saturated rings. The number of nitrogens with one attached hydrogen (secondary N) is 1. The van der Waals surface area contributed by atoms with Gasteiger partial charge in [0.2, 0.25) is 5.91 Å². The molecule has 0 radical (unpaired) electrons. The predicted octanol–water partition coefficient (Wildman–Crippen LogP) is 2.97. The van der Waals surface area contributed by atoms with Crippen LogP contribution >= 0.6 is 24.8 Å². The van der Waals surface area contributed by atoms with Crippen LogP contribution in [0.5, 0.6) is 0 Å². The van der Waals surface area contributed by atoms with Crippen LogP contribution < -0.4 is 11.1 Å². The average Bonchev–Trinajstić information content (AvgIpc) is 3.14. The Morgan fingerprint density at radius 1 is 1.17 bits per heavy atom. The first kappa shape index (κ1) is 23.0. The zero-order chi connectivity index (χ0) is 15.2. The third-order valence-corrected chi connectivity index (χ3v) is 5.53. The van der Waals surface area contributed by atoms with Gasteiger partial charge in [0.05, 0.1) is 0 Å². The second-order valence-electron chi connectivity index (χ2n) is 6.90. The third kappa shape index (κ3) is 6.41.